The second-order valence-corrected chi connectivity index (χ2v) is 11.4. The molecule has 0 aliphatic heterocycles. The zero-order valence-electron chi connectivity index (χ0n) is 18.1. The standard InChI is InChI=1S/C25H36F2O2/c1-17-3-5-19(6-4-17)22-7-10-23(11-8-22,12-9-22)24-13-15-25(16-14-24,29-18(2)28)21(27)20(24)26/h17,19H,3-16H2,1-2H3. The summed E-state index contributed by atoms with van der Waals surface area (Å²) in [6, 6.07) is 0. The number of allylic oxidation sites excluding steroid dienone is 1. The molecule has 0 amide bonds. The first-order valence-corrected chi connectivity index (χ1v) is 12.0. The highest BCUT2D eigenvalue weighted by Gasteiger charge is 2.67. The molecule has 0 saturated heterocycles. The van der Waals surface area contributed by atoms with Crippen molar-refractivity contribution in [2.75, 3.05) is 0 Å². The Balaban J connectivity index is 1.40. The molecule has 5 saturated carbocycles. The summed E-state index contributed by atoms with van der Waals surface area (Å²) >= 11 is 0. The fourth-order valence-electron chi connectivity index (χ4n) is 8.53. The van der Waals surface area contributed by atoms with Crippen LogP contribution in [0, 0.1) is 28.1 Å². The summed E-state index contributed by atoms with van der Waals surface area (Å²) in [6.45, 7) is 3.68. The van der Waals surface area contributed by atoms with E-state index in [0.29, 0.717) is 31.1 Å². The van der Waals surface area contributed by atoms with Gasteiger partial charge in [0, 0.05) is 12.3 Å². The van der Waals surface area contributed by atoms with Gasteiger partial charge in [-0.1, -0.05) is 19.8 Å². The second kappa shape index (κ2) is 6.53. The van der Waals surface area contributed by atoms with E-state index in [2.05, 4.69) is 6.92 Å². The van der Waals surface area contributed by atoms with Crippen molar-refractivity contribution in [2.45, 2.75) is 109 Å². The van der Waals surface area contributed by atoms with Crippen LogP contribution in [0.2, 0.25) is 0 Å². The second-order valence-electron chi connectivity index (χ2n) is 11.4. The van der Waals surface area contributed by atoms with Gasteiger partial charge < -0.3 is 4.74 Å². The number of fused-ring (bicyclic) bond motifs is 5. The van der Waals surface area contributed by atoms with Crippen LogP contribution < -0.4 is 0 Å². The molecule has 7 aliphatic carbocycles. The van der Waals surface area contributed by atoms with Crippen molar-refractivity contribution in [3.05, 3.63) is 11.7 Å². The number of halogens is 2. The van der Waals surface area contributed by atoms with E-state index in [1.54, 1.807) is 0 Å². The van der Waals surface area contributed by atoms with Gasteiger partial charge in [0.1, 0.15) is 5.83 Å². The van der Waals surface area contributed by atoms with Gasteiger partial charge in [0.2, 0.25) is 0 Å². The summed E-state index contributed by atoms with van der Waals surface area (Å²) in [4.78, 5) is 11.5. The lowest BCUT2D eigenvalue weighted by molar-refractivity contribution is -0.183. The molecule has 2 nitrogen and oxygen atoms in total. The number of carbonyl (C=O) groups excluding carboxylic acids is 1. The van der Waals surface area contributed by atoms with Gasteiger partial charge in [0.15, 0.2) is 11.4 Å². The van der Waals surface area contributed by atoms with Gasteiger partial charge in [0.25, 0.3) is 0 Å². The molecule has 0 N–H and O–H groups in total. The first kappa shape index (κ1) is 20.0. The molecular weight excluding hydrogens is 370 g/mol. The fraction of sp³-hybridized carbons (Fsp3) is 0.880. The van der Waals surface area contributed by atoms with E-state index < -0.39 is 28.6 Å². The highest BCUT2D eigenvalue weighted by molar-refractivity contribution is 5.67. The largest absolute Gasteiger partial charge is 0.452 e. The highest BCUT2D eigenvalue weighted by atomic mass is 19.2. The van der Waals surface area contributed by atoms with Crippen molar-refractivity contribution in [3.63, 3.8) is 0 Å². The summed E-state index contributed by atoms with van der Waals surface area (Å²) < 4.78 is 36.2. The van der Waals surface area contributed by atoms with Crippen molar-refractivity contribution in [3.8, 4) is 0 Å². The van der Waals surface area contributed by atoms with E-state index in [0.717, 1.165) is 31.1 Å². The predicted octanol–water partition coefficient (Wildman–Crippen LogP) is 7.18. The fourth-order valence-corrected chi connectivity index (χ4v) is 8.53. The lowest BCUT2D eigenvalue weighted by atomic mass is 9.39. The average molecular weight is 407 g/mol. The Kier molecular flexibility index (Phi) is 4.51. The van der Waals surface area contributed by atoms with Gasteiger partial charge >= 0.3 is 5.97 Å². The Hall–Kier alpha value is -0.930. The first-order valence-electron chi connectivity index (χ1n) is 12.0. The maximum Gasteiger partial charge on any atom is 0.303 e. The van der Waals surface area contributed by atoms with Crippen LogP contribution in [0.1, 0.15) is 104 Å². The number of hydrogen-bond acceptors (Lipinski definition) is 2. The minimum absolute atomic E-state index is 0.0824. The van der Waals surface area contributed by atoms with Crippen molar-refractivity contribution in [2.24, 2.45) is 28.1 Å². The van der Waals surface area contributed by atoms with E-state index >= 15 is 8.78 Å². The molecule has 4 bridgehead atoms. The molecule has 0 aromatic rings. The van der Waals surface area contributed by atoms with Crippen LogP contribution in [-0.4, -0.2) is 11.6 Å². The highest BCUT2D eigenvalue weighted by Crippen LogP contribution is 2.74. The van der Waals surface area contributed by atoms with Crippen LogP contribution in [0.15, 0.2) is 11.7 Å². The number of ether oxygens (including phenoxy) is 1. The summed E-state index contributed by atoms with van der Waals surface area (Å²) in [5.41, 5.74) is -1.57. The normalized spacial score (nSPS) is 49.4. The summed E-state index contributed by atoms with van der Waals surface area (Å²) in [5, 5.41) is 0. The van der Waals surface area contributed by atoms with Crippen molar-refractivity contribution >= 4 is 5.97 Å². The topological polar surface area (TPSA) is 26.3 Å². The predicted molar refractivity (Wildman–Crippen MR) is 108 cm³/mol. The van der Waals surface area contributed by atoms with Crippen molar-refractivity contribution in [1.29, 1.82) is 0 Å². The monoisotopic (exact) mass is 406 g/mol. The molecule has 5 fully saturated rings. The minimum atomic E-state index is -1.32. The molecule has 0 aromatic carbocycles. The van der Waals surface area contributed by atoms with E-state index in [9.17, 15) is 4.79 Å². The maximum absolute atomic E-state index is 15.7. The Morgan fingerprint density at radius 3 is 1.90 bits per heavy atom. The van der Waals surface area contributed by atoms with Crippen LogP contribution in [-0.2, 0) is 9.53 Å². The van der Waals surface area contributed by atoms with Crippen LogP contribution in [0.5, 0.6) is 0 Å². The Morgan fingerprint density at radius 2 is 1.38 bits per heavy atom. The molecular formula is C25H36F2O2. The number of rotatable bonds is 3. The lowest BCUT2D eigenvalue weighted by Gasteiger charge is -2.66. The van der Waals surface area contributed by atoms with Gasteiger partial charge in [-0.2, -0.15) is 0 Å². The lowest BCUT2D eigenvalue weighted by Crippen LogP contribution is -2.59. The zero-order valence-corrected chi connectivity index (χ0v) is 18.1. The number of hydrogen-bond donors (Lipinski definition) is 0. The molecule has 0 spiro atoms. The first-order chi connectivity index (χ1) is 13.8. The van der Waals surface area contributed by atoms with Crippen molar-refractivity contribution in [1.82, 2.24) is 0 Å². The Bertz CT molecular complexity index is 699. The number of carbonyl (C=O) groups is 1. The van der Waals surface area contributed by atoms with E-state index in [4.69, 9.17) is 4.74 Å². The number of esters is 1. The summed E-state index contributed by atoms with van der Waals surface area (Å²) in [7, 11) is 0. The molecule has 0 heterocycles. The molecule has 7 aliphatic rings. The quantitative estimate of drug-likeness (QED) is 0.464. The third kappa shape index (κ3) is 2.65. The van der Waals surface area contributed by atoms with Gasteiger partial charge in [-0.05, 0) is 99.7 Å². The molecule has 0 unspecified atom stereocenters. The smallest absolute Gasteiger partial charge is 0.303 e. The molecule has 0 atom stereocenters. The minimum Gasteiger partial charge on any atom is -0.452 e. The van der Waals surface area contributed by atoms with Crippen LogP contribution in [0.25, 0.3) is 0 Å². The molecule has 0 radical (unpaired) electrons. The third-order valence-electron chi connectivity index (χ3n) is 10.5. The van der Waals surface area contributed by atoms with Gasteiger partial charge in [-0.15, -0.1) is 0 Å². The molecule has 4 heteroatoms. The van der Waals surface area contributed by atoms with Crippen LogP contribution >= 0.6 is 0 Å². The Labute approximate surface area is 173 Å². The maximum atomic E-state index is 15.7. The zero-order chi connectivity index (χ0) is 20.5. The summed E-state index contributed by atoms with van der Waals surface area (Å²) in [6.07, 6.45) is 14.4. The van der Waals surface area contributed by atoms with Crippen LogP contribution in [0.3, 0.4) is 0 Å². The summed E-state index contributed by atoms with van der Waals surface area (Å²) in [5.74, 6) is -0.110. The van der Waals surface area contributed by atoms with E-state index in [1.165, 1.54) is 51.9 Å². The molecule has 7 rings (SSSR count). The SMILES string of the molecule is CC(=O)OC12CCC(C34CCC(C5CCC(C)CC5)(CC3)CC4)(CC1)C(F)=C2F. The third-order valence-corrected chi connectivity index (χ3v) is 10.5. The van der Waals surface area contributed by atoms with E-state index in [-0.39, 0.29) is 5.41 Å². The van der Waals surface area contributed by atoms with Gasteiger partial charge in [-0.25, -0.2) is 8.78 Å². The molecule has 0 aromatic heterocycles. The molecule has 29 heavy (non-hydrogen) atoms. The average Bonchev–Trinajstić information content (AvgIpc) is 2.73. The Morgan fingerprint density at radius 1 is 0.828 bits per heavy atom. The van der Waals surface area contributed by atoms with Crippen molar-refractivity contribution < 1.29 is 18.3 Å². The van der Waals surface area contributed by atoms with Gasteiger partial charge in [-0.3, -0.25) is 4.79 Å². The van der Waals surface area contributed by atoms with Crippen LogP contribution in [0.4, 0.5) is 8.78 Å². The molecule has 162 valence electrons. The van der Waals surface area contributed by atoms with Gasteiger partial charge in [0.05, 0.1) is 0 Å². The van der Waals surface area contributed by atoms with E-state index in [1.807, 2.05) is 0 Å².